The maximum atomic E-state index is 12.2. The van der Waals surface area contributed by atoms with Crippen LogP contribution in [0.1, 0.15) is 22.6 Å². The predicted octanol–water partition coefficient (Wildman–Crippen LogP) is 4.87. The molecule has 1 amide bonds. The van der Waals surface area contributed by atoms with Crippen molar-refractivity contribution in [2.75, 3.05) is 5.32 Å². The molecule has 0 bridgehead atoms. The highest BCUT2D eigenvalue weighted by Crippen LogP contribution is 2.33. The van der Waals surface area contributed by atoms with Crippen LogP contribution in [-0.4, -0.2) is 17.1 Å². The molecule has 0 saturated carbocycles. The van der Waals surface area contributed by atoms with E-state index < -0.39 is 0 Å². The molecule has 4 rings (SSSR count). The Morgan fingerprint density at radius 1 is 1.04 bits per heavy atom. The Bertz CT molecular complexity index is 968. The first-order chi connectivity index (χ1) is 12.7. The summed E-state index contributed by atoms with van der Waals surface area (Å²) in [5.41, 5.74) is 5.07. The Morgan fingerprint density at radius 2 is 1.77 bits per heavy atom. The third-order valence-electron chi connectivity index (χ3n) is 4.36. The van der Waals surface area contributed by atoms with Crippen molar-refractivity contribution in [3.05, 3.63) is 88.2 Å². The molecule has 0 radical (unpaired) electrons. The first-order valence-electron chi connectivity index (χ1n) is 8.31. The van der Waals surface area contributed by atoms with Gasteiger partial charge < -0.3 is 5.32 Å². The monoisotopic (exact) mass is 405 g/mol. The van der Waals surface area contributed by atoms with Crippen molar-refractivity contribution in [3.63, 3.8) is 0 Å². The van der Waals surface area contributed by atoms with Gasteiger partial charge >= 0.3 is 0 Å². The van der Waals surface area contributed by atoms with E-state index in [1.165, 1.54) is 11.1 Å². The van der Waals surface area contributed by atoms with E-state index in [2.05, 4.69) is 43.4 Å². The number of aliphatic imine (C=N–C) groups is 1. The van der Waals surface area contributed by atoms with Gasteiger partial charge in [-0.3, -0.25) is 14.8 Å². The van der Waals surface area contributed by atoms with E-state index in [4.69, 9.17) is 0 Å². The number of nitrogens with one attached hydrogen (secondary N) is 1. The van der Waals surface area contributed by atoms with Crippen LogP contribution in [0.25, 0.3) is 0 Å². The maximum Gasteiger partial charge on any atom is 0.237 e. The third-order valence-corrected chi connectivity index (χ3v) is 4.85. The lowest BCUT2D eigenvalue weighted by Gasteiger charge is -2.04. The van der Waals surface area contributed by atoms with Crippen molar-refractivity contribution in [3.8, 4) is 0 Å². The van der Waals surface area contributed by atoms with Crippen molar-refractivity contribution in [2.24, 2.45) is 4.99 Å². The molecule has 3 aromatic rings. The van der Waals surface area contributed by atoms with Gasteiger partial charge in [0.05, 0.1) is 5.69 Å². The van der Waals surface area contributed by atoms with Gasteiger partial charge in [0.2, 0.25) is 5.91 Å². The predicted molar refractivity (Wildman–Crippen MR) is 107 cm³/mol. The van der Waals surface area contributed by atoms with Crippen molar-refractivity contribution >= 4 is 39.4 Å². The molecule has 0 spiro atoms. The van der Waals surface area contributed by atoms with E-state index in [-0.39, 0.29) is 11.8 Å². The Labute approximate surface area is 160 Å². The summed E-state index contributed by atoms with van der Waals surface area (Å²) < 4.78 is 0.943. The zero-order chi connectivity index (χ0) is 17.9. The Hall–Kier alpha value is -2.79. The summed E-state index contributed by atoms with van der Waals surface area (Å²) in [5, 5.41) is 2.90. The molecule has 1 aliphatic heterocycles. The second kappa shape index (κ2) is 7.22. The minimum atomic E-state index is -0.352. The fourth-order valence-electron chi connectivity index (χ4n) is 3.00. The quantitative estimate of drug-likeness (QED) is 0.629. The molecular weight excluding hydrogens is 390 g/mol. The zero-order valence-electron chi connectivity index (χ0n) is 13.9. The highest BCUT2D eigenvalue weighted by Gasteiger charge is 2.28. The van der Waals surface area contributed by atoms with Gasteiger partial charge in [0, 0.05) is 28.8 Å². The molecule has 26 heavy (non-hydrogen) atoms. The highest BCUT2D eigenvalue weighted by atomic mass is 79.9. The molecule has 1 atom stereocenters. The Balaban J connectivity index is 1.48. The van der Waals surface area contributed by atoms with Crippen molar-refractivity contribution < 1.29 is 4.79 Å². The van der Waals surface area contributed by atoms with Gasteiger partial charge in [-0.25, -0.2) is 0 Å². The van der Waals surface area contributed by atoms with Gasteiger partial charge in [-0.2, -0.15) is 0 Å². The number of aromatic nitrogens is 1. The Kier molecular flexibility index (Phi) is 4.63. The van der Waals surface area contributed by atoms with Crippen LogP contribution in [0.2, 0.25) is 0 Å². The molecule has 1 N–H and O–H groups in total. The second-order valence-corrected chi connectivity index (χ2v) is 7.09. The van der Waals surface area contributed by atoms with Crippen molar-refractivity contribution in [1.29, 1.82) is 0 Å². The summed E-state index contributed by atoms with van der Waals surface area (Å²) in [6.45, 7) is 0. The lowest BCUT2D eigenvalue weighted by molar-refractivity contribution is -0.115. The maximum absolute atomic E-state index is 12.2. The van der Waals surface area contributed by atoms with Gasteiger partial charge in [-0.05, 0) is 59.5 Å². The minimum Gasteiger partial charge on any atom is -0.325 e. The fourth-order valence-corrected chi connectivity index (χ4v) is 3.37. The first-order valence-corrected chi connectivity index (χ1v) is 9.11. The summed E-state index contributed by atoms with van der Waals surface area (Å²) in [5.74, 6) is -0.397. The van der Waals surface area contributed by atoms with E-state index in [0.29, 0.717) is 0 Å². The van der Waals surface area contributed by atoms with Gasteiger partial charge in [0.25, 0.3) is 0 Å². The third kappa shape index (κ3) is 3.58. The summed E-state index contributed by atoms with van der Waals surface area (Å²) in [7, 11) is 0. The summed E-state index contributed by atoms with van der Waals surface area (Å²) >= 11 is 3.42. The number of nitrogens with zero attached hydrogens (tertiary/aromatic N) is 2. The zero-order valence-corrected chi connectivity index (χ0v) is 15.5. The SMILES string of the molecule is O=C1Nc2cc(Br)ccc2C1C=Nc1ccc(Cc2ccncc2)cc1. The summed E-state index contributed by atoms with van der Waals surface area (Å²) in [6.07, 6.45) is 6.18. The topological polar surface area (TPSA) is 54.4 Å². The number of hydrogen-bond acceptors (Lipinski definition) is 3. The number of carbonyl (C=O) groups is 1. The van der Waals surface area contributed by atoms with E-state index >= 15 is 0 Å². The molecule has 0 fully saturated rings. The molecule has 128 valence electrons. The number of amides is 1. The lowest BCUT2D eigenvalue weighted by atomic mass is 10.0. The summed E-state index contributed by atoms with van der Waals surface area (Å²) in [6, 6.07) is 17.9. The molecule has 4 nitrogen and oxygen atoms in total. The number of halogens is 1. The standard InChI is InChI=1S/C21H16BrN3O/c22-16-3-6-18-19(21(26)25-20(18)12-16)13-24-17-4-1-14(2-5-17)11-15-7-9-23-10-8-15/h1-10,12-13,19H,11H2,(H,25,26). The molecule has 2 aromatic carbocycles. The number of carbonyl (C=O) groups excluding carboxylic acids is 1. The van der Waals surface area contributed by atoms with E-state index in [1.54, 1.807) is 18.6 Å². The average molecular weight is 406 g/mol. The lowest BCUT2D eigenvalue weighted by Crippen LogP contribution is -2.12. The van der Waals surface area contributed by atoms with Crippen LogP contribution in [0.5, 0.6) is 0 Å². The summed E-state index contributed by atoms with van der Waals surface area (Å²) in [4.78, 5) is 20.7. The number of fused-ring (bicyclic) bond motifs is 1. The fraction of sp³-hybridized carbons (Fsp3) is 0.0952. The molecular formula is C21H16BrN3O. The average Bonchev–Trinajstić information content (AvgIpc) is 2.96. The normalized spacial score (nSPS) is 15.9. The number of anilines is 1. The van der Waals surface area contributed by atoms with Crippen LogP contribution in [0.3, 0.4) is 0 Å². The molecule has 2 heterocycles. The van der Waals surface area contributed by atoms with E-state index in [9.17, 15) is 4.79 Å². The van der Waals surface area contributed by atoms with E-state index in [0.717, 1.165) is 27.8 Å². The van der Waals surface area contributed by atoms with Crippen LogP contribution >= 0.6 is 15.9 Å². The molecule has 1 aromatic heterocycles. The van der Waals surface area contributed by atoms with Crippen molar-refractivity contribution in [1.82, 2.24) is 4.98 Å². The number of benzene rings is 2. The van der Waals surface area contributed by atoms with Crippen LogP contribution in [0, 0.1) is 0 Å². The van der Waals surface area contributed by atoms with Gasteiger partial charge in [0.1, 0.15) is 5.92 Å². The number of rotatable bonds is 4. The smallest absolute Gasteiger partial charge is 0.237 e. The second-order valence-electron chi connectivity index (χ2n) is 6.18. The van der Waals surface area contributed by atoms with E-state index in [1.807, 2.05) is 42.5 Å². The molecule has 1 aliphatic rings. The first kappa shape index (κ1) is 16.7. The van der Waals surface area contributed by atoms with Crippen LogP contribution in [-0.2, 0) is 11.2 Å². The van der Waals surface area contributed by atoms with Crippen LogP contribution in [0.4, 0.5) is 11.4 Å². The minimum absolute atomic E-state index is 0.0452. The molecule has 1 unspecified atom stereocenters. The van der Waals surface area contributed by atoms with Crippen molar-refractivity contribution in [2.45, 2.75) is 12.3 Å². The van der Waals surface area contributed by atoms with Gasteiger partial charge in [-0.1, -0.05) is 34.1 Å². The molecule has 5 heteroatoms. The molecule has 0 aliphatic carbocycles. The molecule has 0 saturated heterocycles. The van der Waals surface area contributed by atoms with Gasteiger partial charge in [0.15, 0.2) is 0 Å². The van der Waals surface area contributed by atoms with Crippen LogP contribution in [0.15, 0.2) is 76.5 Å². The van der Waals surface area contributed by atoms with Gasteiger partial charge in [-0.15, -0.1) is 0 Å². The Morgan fingerprint density at radius 3 is 2.54 bits per heavy atom. The largest absolute Gasteiger partial charge is 0.325 e. The number of pyridine rings is 1. The highest BCUT2D eigenvalue weighted by molar-refractivity contribution is 9.10. The number of hydrogen-bond donors (Lipinski definition) is 1. The van der Waals surface area contributed by atoms with Crippen LogP contribution < -0.4 is 5.32 Å².